The molecule has 256 valence electrons. The highest BCUT2D eigenvalue weighted by Crippen LogP contribution is 2.16. The van der Waals surface area contributed by atoms with Crippen LogP contribution < -0.4 is 16.0 Å². The SMILES string of the molecule is Cc1nc(CN(C)C(=O)NC(C(=O)N[C@@H](Cc2ccccc2)C[C@H](O)[C@H](Cc2ccccc2)NC(=O)OCc2cncs2)C(C)C)co1. The van der Waals surface area contributed by atoms with Crippen LogP contribution in [0, 0.1) is 12.8 Å². The Balaban J connectivity index is 1.47. The number of urea groups is 1. The number of amides is 4. The highest BCUT2D eigenvalue weighted by atomic mass is 32.1. The van der Waals surface area contributed by atoms with E-state index in [1.165, 1.54) is 22.5 Å². The number of hydrogen-bond acceptors (Lipinski definition) is 9. The molecule has 0 spiro atoms. The monoisotopic (exact) mass is 676 g/mol. The summed E-state index contributed by atoms with van der Waals surface area (Å²) in [6.45, 7) is 5.70. The van der Waals surface area contributed by atoms with Crippen LogP contribution in [0.2, 0.25) is 0 Å². The lowest BCUT2D eigenvalue weighted by atomic mass is 9.93. The Morgan fingerprint density at radius 1 is 0.979 bits per heavy atom. The van der Waals surface area contributed by atoms with Crippen LogP contribution in [0.1, 0.15) is 47.9 Å². The van der Waals surface area contributed by atoms with Gasteiger partial charge in [0.2, 0.25) is 5.91 Å². The van der Waals surface area contributed by atoms with Gasteiger partial charge in [0.1, 0.15) is 18.9 Å². The van der Waals surface area contributed by atoms with Crippen molar-refractivity contribution >= 4 is 29.4 Å². The Labute approximate surface area is 284 Å². The average molecular weight is 677 g/mol. The number of rotatable bonds is 16. The van der Waals surface area contributed by atoms with Crippen LogP contribution in [0.5, 0.6) is 0 Å². The molecule has 13 heteroatoms. The number of thiazole rings is 1. The molecule has 2 aromatic carbocycles. The summed E-state index contributed by atoms with van der Waals surface area (Å²) in [5.41, 5.74) is 4.13. The van der Waals surface area contributed by atoms with E-state index in [0.29, 0.717) is 24.4 Å². The number of benzene rings is 2. The lowest BCUT2D eigenvalue weighted by molar-refractivity contribution is -0.124. The second-order valence-corrected chi connectivity index (χ2v) is 13.0. The van der Waals surface area contributed by atoms with Crippen LogP contribution in [-0.4, -0.2) is 69.3 Å². The van der Waals surface area contributed by atoms with Crippen LogP contribution in [0.3, 0.4) is 0 Å². The van der Waals surface area contributed by atoms with Crippen molar-refractivity contribution in [2.24, 2.45) is 5.92 Å². The maximum absolute atomic E-state index is 13.8. The minimum Gasteiger partial charge on any atom is -0.449 e. The third kappa shape index (κ3) is 11.5. The molecule has 48 heavy (non-hydrogen) atoms. The predicted molar refractivity (Wildman–Crippen MR) is 182 cm³/mol. The molecule has 0 fully saturated rings. The summed E-state index contributed by atoms with van der Waals surface area (Å²) < 4.78 is 10.6. The van der Waals surface area contributed by atoms with Gasteiger partial charge in [0, 0.05) is 26.2 Å². The molecule has 4 atom stereocenters. The number of carbonyl (C=O) groups excluding carboxylic acids is 3. The number of carbonyl (C=O) groups is 3. The number of nitrogens with one attached hydrogen (secondary N) is 3. The number of nitrogens with zero attached hydrogens (tertiary/aromatic N) is 3. The Hall–Kier alpha value is -4.75. The maximum atomic E-state index is 13.8. The molecule has 12 nitrogen and oxygen atoms in total. The molecule has 0 aliphatic carbocycles. The molecule has 4 rings (SSSR count). The fourth-order valence-electron chi connectivity index (χ4n) is 5.21. The molecule has 4 N–H and O–H groups in total. The number of oxazole rings is 1. The zero-order valence-electron chi connectivity index (χ0n) is 27.7. The first-order valence-electron chi connectivity index (χ1n) is 15.9. The number of aliphatic hydroxyl groups excluding tert-OH is 1. The third-order valence-corrected chi connectivity index (χ3v) is 8.49. The summed E-state index contributed by atoms with van der Waals surface area (Å²) in [7, 11) is 1.62. The van der Waals surface area contributed by atoms with E-state index in [0.717, 1.165) is 16.0 Å². The Bertz CT molecular complexity index is 1570. The largest absolute Gasteiger partial charge is 0.449 e. The number of ether oxygens (including phenoxy) is 1. The smallest absolute Gasteiger partial charge is 0.407 e. The van der Waals surface area contributed by atoms with Crippen LogP contribution in [0.15, 0.2) is 83.1 Å². The summed E-state index contributed by atoms with van der Waals surface area (Å²) in [6, 6.07) is 16.6. The first-order valence-corrected chi connectivity index (χ1v) is 16.7. The van der Waals surface area contributed by atoms with E-state index in [2.05, 4.69) is 25.9 Å². The highest BCUT2D eigenvalue weighted by molar-refractivity contribution is 7.09. The number of aliphatic hydroxyl groups is 1. The summed E-state index contributed by atoms with van der Waals surface area (Å²) in [6.07, 6.45) is 2.28. The van der Waals surface area contributed by atoms with Gasteiger partial charge in [-0.2, -0.15) is 0 Å². The van der Waals surface area contributed by atoms with E-state index in [1.54, 1.807) is 25.7 Å². The second-order valence-electron chi connectivity index (χ2n) is 12.1. The van der Waals surface area contributed by atoms with Gasteiger partial charge in [-0.1, -0.05) is 74.5 Å². The minimum atomic E-state index is -1.06. The van der Waals surface area contributed by atoms with Gasteiger partial charge in [-0.3, -0.25) is 9.78 Å². The molecule has 0 aliphatic heterocycles. The van der Waals surface area contributed by atoms with Crippen molar-refractivity contribution < 1.29 is 28.6 Å². The summed E-state index contributed by atoms with van der Waals surface area (Å²) in [4.78, 5) is 50.2. The molecule has 0 saturated carbocycles. The molecule has 2 heterocycles. The molecule has 4 aromatic rings. The second kappa shape index (κ2) is 18.0. The van der Waals surface area contributed by atoms with Crippen molar-refractivity contribution in [2.75, 3.05) is 7.05 Å². The zero-order chi connectivity index (χ0) is 34.5. The summed E-state index contributed by atoms with van der Waals surface area (Å²) in [5.74, 6) is -0.118. The fourth-order valence-corrected chi connectivity index (χ4v) is 5.71. The van der Waals surface area contributed by atoms with Crippen LogP contribution in [0.25, 0.3) is 0 Å². The Morgan fingerprint density at radius 3 is 2.23 bits per heavy atom. The molecular formula is C35H44N6O6S. The van der Waals surface area contributed by atoms with E-state index < -0.39 is 36.4 Å². The summed E-state index contributed by atoms with van der Waals surface area (Å²) in [5, 5.41) is 20.4. The number of aryl methyl sites for hydroxylation is 1. The third-order valence-electron chi connectivity index (χ3n) is 7.73. The molecule has 0 bridgehead atoms. The predicted octanol–water partition coefficient (Wildman–Crippen LogP) is 4.62. The van der Waals surface area contributed by atoms with Crippen molar-refractivity contribution in [1.29, 1.82) is 0 Å². The van der Waals surface area contributed by atoms with Gasteiger partial charge in [-0.25, -0.2) is 14.6 Å². The van der Waals surface area contributed by atoms with Gasteiger partial charge >= 0.3 is 12.1 Å². The normalized spacial score (nSPS) is 13.6. The van der Waals surface area contributed by atoms with Gasteiger partial charge < -0.3 is 35.1 Å². The van der Waals surface area contributed by atoms with Gasteiger partial charge in [0.05, 0.1) is 34.8 Å². The maximum Gasteiger partial charge on any atom is 0.407 e. The molecular weight excluding hydrogens is 632 g/mol. The van der Waals surface area contributed by atoms with E-state index in [-0.39, 0.29) is 31.4 Å². The molecule has 4 amide bonds. The first-order chi connectivity index (χ1) is 23.1. The van der Waals surface area contributed by atoms with Crippen LogP contribution in [-0.2, 0) is 35.5 Å². The van der Waals surface area contributed by atoms with E-state index in [9.17, 15) is 19.5 Å². The standard InChI is InChI=1S/C35H44N6O6S/c1-23(2)32(40-34(44)41(4)19-28-20-46-24(3)37-28)33(43)38-27(15-25-11-7-5-8-12-25)17-31(42)30(16-26-13-9-6-10-14-26)39-35(45)47-21-29-18-36-22-48-29/h5-14,18,20,22-23,27,30-32,42H,15-17,19,21H2,1-4H3,(H,38,43)(H,39,45)(H,40,44)/t27-,30-,31-,32?/m0/s1. The highest BCUT2D eigenvalue weighted by Gasteiger charge is 2.31. The quantitative estimate of drug-likeness (QED) is 0.134. The van der Waals surface area contributed by atoms with Crippen LogP contribution >= 0.6 is 11.3 Å². The zero-order valence-corrected chi connectivity index (χ0v) is 28.5. The molecule has 0 saturated heterocycles. The molecule has 0 aliphatic rings. The van der Waals surface area contributed by atoms with Gasteiger partial charge in [0.25, 0.3) is 0 Å². The van der Waals surface area contributed by atoms with E-state index >= 15 is 0 Å². The van der Waals surface area contributed by atoms with E-state index in [1.807, 2.05) is 74.5 Å². The fraction of sp³-hybridized carbons (Fsp3) is 0.400. The Morgan fingerprint density at radius 2 is 1.65 bits per heavy atom. The van der Waals surface area contributed by atoms with Gasteiger partial charge in [0.15, 0.2) is 5.89 Å². The van der Waals surface area contributed by atoms with Gasteiger partial charge in [-0.05, 0) is 36.3 Å². The number of aromatic nitrogens is 2. The van der Waals surface area contributed by atoms with Crippen molar-refractivity contribution in [3.05, 3.63) is 106 Å². The summed E-state index contributed by atoms with van der Waals surface area (Å²) >= 11 is 1.38. The average Bonchev–Trinajstić information content (AvgIpc) is 3.74. The molecule has 2 aromatic heterocycles. The lowest BCUT2D eigenvalue weighted by Crippen LogP contribution is -2.55. The molecule has 1 unspecified atom stereocenters. The van der Waals surface area contributed by atoms with Crippen LogP contribution in [0.4, 0.5) is 9.59 Å². The molecule has 0 radical (unpaired) electrons. The topological polar surface area (TPSA) is 159 Å². The van der Waals surface area contributed by atoms with Crippen molar-refractivity contribution in [2.45, 2.75) is 77.4 Å². The lowest BCUT2D eigenvalue weighted by Gasteiger charge is -2.30. The Kier molecular flexibility index (Phi) is 13.5. The van der Waals surface area contributed by atoms with Crippen molar-refractivity contribution in [3.8, 4) is 0 Å². The first kappa shape index (κ1) is 36.1. The minimum absolute atomic E-state index is 0.0626. The van der Waals surface area contributed by atoms with Gasteiger partial charge in [-0.15, -0.1) is 11.3 Å². The van der Waals surface area contributed by atoms with E-state index in [4.69, 9.17) is 9.15 Å². The number of alkyl carbamates (subject to hydrolysis) is 1. The van der Waals surface area contributed by atoms with Crippen molar-refractivity contribution in [3.63, 3.8) is 0 Å². The van der Waals surface area contributed by atoms with Crippen molar-refractivity contribution in [1.82, 2.24) is 30.8 Å². The number of hydrogen-bond donors (Lipinski definition) is 4.